The molecule has 2 N–H and O–H groups in total. The van der Waals surface area contributed by atoms with Gasteiger partial charge < -0.3 is 5.73 Å². The Morgan fingerprint density at radius 3 is 2.50 bits per heavy atom. The molecule has 0 aliphatic heterocycles. The molecule has 0 radical (unpaired) electrons. The van der Waals surface area contributed by atoms with Crippen molar-refractivity contribution in [1.82, 2.24) is 0 Å². The van der Waals surface area contributed by atoms with Crippen LogP contribution in [-0.2, 0) is 0 Å². The number of fused-ring (bicyclic) bond motifs is 1. The van der Waals surface area contributed by atoms with Crippen molar-refractivity contribution in [1.29, 1.82) is 0 Å². The SMILES string of the molecule is CCC(C)C(N)c1cccc2ccccc12. The van der Waals surface area contributed by atoms with E-state index >= 15 is 0 Å². The van der Waals surface area contributed by atoms with E-state index in [1.54, 1.807) is 0 Å². The van der Waals surface area contributed by atoms with Crippen molar-refractivity contribution >= 4 is 10.8 Å². The first-order chi connectivity index (χ1) is 7.74. The quantitative estimate of drug-likeness (QED) is 0.822. The summed E-state index contributed by atoms with van der Waals surface area (Å²) in [5.41, 5.74) is 7.59. The van der Waals surface area contributed by atoms with E-state index in [1.807, 2.05) is 0 Å². The minimum atomic E-state index is 0.135. The molecule has 0 aromatic heterocycles. The third kappa shape index (κ3) is 1.96. The van der Waals surface area contributed by atoms with Crippen LogP contribution in [-0.4, -0.2) is 0 Å². The molecule has 16 heavy (non-hydrogen) atoms. The number of rotatable bonds is 3. The Hall–Kier alpha value is -1.34. The molecule has 0 bridgehead atoms. The highest BCUT2D eigenvalue weighted by atomic mass is 14.6. The van der Waals surface area contributed by atoms with E-state index in [4.69, 9.17) is 5.73 Å². The Labute approximate surface area is 97.3 Å². The van der Waals surface area contributed by atoms with Gasteiger partial charge in [-0.3, -0.25) is 0 Å². The maximum absolute atomic E-state index is 6.32. The summed E-state index contributed by atoms with van der Waals surface area (Å²) < 4.78 is 0. The van der Waals surface area contributed by atoms with Gasteiger partial charge in [0.25, 0.3) is 0 Å². The molecule has 0 aliphatic carbocycles. The topological polar surface area (TPSA) is 26.0 Å². The summed E-state index contributed by atoms with van der Waals surface area (Å²) in [5, 5.41) is 2.57. The van der Waals surface area contributed by atoms with Crippen LogP contribution in [0.2, 0.25) is 0 Å². The predicted octanol–water partition coefficient (Wildman–Crippen LogP) is 3.89. The lowest BCUT2D eigenvalue weighted by molar-refractivity contribution is 0.459. The number of hydrogen-bond acceptors (Lipinski definition) is 1. The van der Waals surface area contributed by atoms with Gasteiger partial charge in [-0.1, -0.05) is 62.7 Å². The minimum absolute atomic E-state index is 0.135. The fourth-order valence-corrected chi connectivity index (χ4v) is 2.10. The van der Waals surface area contributed by atoms with E-state index in [-0.39, 0.29) is 6.04 Å². The summed E-state index contributed by atoms with van der Waals surface area (Å²) in [6, 6.07) is 15.0. The standard InChI is InChI=1S/C15H19N/c1-3-11(2)15(16)14-10-6-8-12-7-4-5-9-13(12)14/h4-11,15H,3,16H2,1-2H3. The Morgan fingerprint density at radius 1 is 1.06 bits per heavy atom. The zero-order valence-corrected chi connectivity index (χ0v) is 9.98. The smallest absolute Gasteiger partial charge is 0.0326 e. The predicted molar refractivity (Wildman–Crippen MR) is 70.3 cm³/mol. The van der Waals surface area contributed by atoms with Crippen molar-refractivity contribution < 1.29 is 0 Å². The molecule has 0 fully saturated rings. The Morgan fingerprint density at radius 2 is 1.75 bits per heavy atom. The first kappa shape index (κ1) is 11.2. The van der Waals surface area contributed by atoms with Gasteiger partial charge in [-0.05, 0) is 22.3 Å². The van der Waals surface area contributed by atoms with Crippen LogP contribution in [0.3, 0.4) is 0 Å². The summed E-state index contributed by atoms with van der Waals surface area (Å²) in [5.74, 6) is 0.519. The average Bonchev–Trinajstić information content (AvgIpc) is 2.36. The molecule has 0 spiro atoms. The van der Waals surface area contributed by atoms with Crippen molar-refractivity contribution in [3.8, 4) is 0 Å². The van der Waals surface area contributed by atoms with E-state index in [1.165, 1.54) is 16.3 Å². The summed E-state index contributed by atoms with van der Waals surface area (Å²) in [4.78, 5) is 0. The van der Waals surface area contributed by atoms with Crippen LogP contribution in [0.5, 0.6) is 0 Å². The van der Waals surface area contributed by atoms with E-state index in [0.29, 0.717) is 5.92 Å². The Balaban J connectivity index is 2.52. The van der Waals surface area contributed by atoms with Gasteiger partial charge in [0.1, 0.15) is 0 Å². The second kappa shape index (κ2) is 4.67. The Bertz CT molecular complexity index is 470. The lowest BCUT2D eigenvalue weighted by Crippen LogP contribution is -2.18. The zero-order valence-electron chi connectivity index (χ0n) is 9.98. The van der Waals surface area contributed by atoms with E-state index in [2.05, 4.69) is 56.3 Å². The van der Waals surface area contributed by atoms with Gasteiger partial charge in [0.2, 0.25) is 0 Å². The fourth-order valence-electron chi connectivity index (χ4n) is 2.10. The minimum Gasteiger partial charge on any atom is -0.324 e. The molecule has 0 heterocycles. The first-order valence-corrected chi connectivity index (χ1v) is 5.97. The van der Waals surface area contributed by atoms with Gasteiger partial charge in [-0.15, -0.1) is 0 Å². The van der Waals surface area contributed by atoms with Gasteiger partial charge in [0, 0.05) is 6.04 Å². The fraction of sp³-hybridized carbons (Fsp3) is 0.333. The molecule has 1 nitrogen and oxygen atoms in total. The van der Waals surface area contributed by atoms with Gasteiger partial charge in [-0.25, -0.2) is 0 Å². The highest BCUT2D eigenvalue weighted by molar-refractivity contribution is 5.86. The van der Waals surface area contributed by atoms with Crippen molar-refractivity contribution in [2.24, 2.45) is 11.7 Å². The average molecular weight is 213 g/mol. The van der Waals surface area contributed by atoms with Crippen LogP contribution in [0.25, 0.3) is 10.8 Å². The molecule has 0 saturated heterocycles. The van der Waals surface area contributed by atoms with Crippen molar-refractivity contribution in [3.05, 3.63) is 48.0 Å². The van der Waals surface area contributed by atoms with Crippen LogP contribution in [0.1, 0.15) is 31.9 Å². The van der Waals surface area contributed by atoms with Crippen LogP contribution >= 0.6 is 0 Å². The van der Waals surface area contributed by atoms with Crippen molar-refractivity contribution in [2.75, 3.05) is 0 Å². The highest BCUT2D eigenvalue weighted by Crippen LogP contribution is 2.28. The van der Waals surface area contributed by atoms with Crippen LogP contribution < -0.4 is 5.73 Å². The first-order valence-electron chi connectivity index (χ1n) is 5.97. The van der Waals surface area contributed by atoms with Gasteiger partial charge in [0.05, 0.1) is 0 Å². The van der Waals surface area contributed by atoms with Gasteiger partial charge >= 0.3 is 0 Å². The van der Waals surface area contributed by atoms with Crippen LogP contribution in [0.15, 0.2) is 42.5 Å². The molecule has 1 heteroatoms. The van der Waals surface area contributed by atoms with Crippen molar-refractivity contribution in [3.63, 3.8) is 0 Å². The Kier molecular flexibility index (Phi) is 3.25. The molecule has 2 aromatic carbocycles. The molecular weight excluding hydrogens is 194 g/mol. The molecule has 2 rings (SSSR count). The molecular formula is C15H19N. The lowest BCUT2D eigenvalue weighted by atomic mass is 9.90. The number of benzene rings is 2. The van der Waals surface area contributed by atoms with Gasteiger partial charge in [-0.2, -0.15) is 0 Å². The lowest BCUT2D eigenvalue weighted by Gasteiger charge is -2.20. The summed E-state index contributed by atoms with van der Waals surface area (Å²) in [6.07, 6.45) is 1.12. The molecule has 84 valence electrons. The molecule has 2 atom stereocenters. The third-order valence-corrected chi connectivity index (χ3v) is 3.44. The molecule has 2 aromatic rings. The number of hydrogen-bond donors (Lipinski definition) is 1. The highest BCUT2D eigenvalue weighted by Gasteiger charge is 2.14. The monoisotopic (exact) mass is 213 g/mol. The second-order valence-electron chi connectivity index (χ2n) is 4.48. The summed E-state index contributed by atoms with van der Waals surface area (Å²) in [7, 11) is 0. The van der Waals surface area contributed by atoms with Crippen molar-refractivity contribution in [2.45, 2.75) is 26.3 Å². The maximum atomic E-state index is 6.32. The summed E-state index contributed by atoms with van der Waals surface area (Å²) in [6.45, 7) is 4.40. The summed E-state index contributed by atoms with van der Waals surface area (Å²) >= 11 is 0. The normalized spacial score (nSPS) is 14.9. The molecule has 0 amide bonds. The number of nitrogens with two attached hydrogens (primary N) is 1. The molecule has 0 saturated carbocycles. The van der Waals surface area contributed by atoms with Crippen LogP contribution in [0.4, 0.5) is 0 Å². The zero-order chi connectivity index (χ0) is 11.5. The van der Waals surface area contributed by atoms with Crippen LogP contribution in [0, 0.1) is 5.92 Å². The third-order valence-electron chi connectivity index (χ3n) is 3.44. The molecule has 0 aliphatic rings. The molecule has 2 unspecified atom stereocenters. The van der Waals surface area contributed by atoms with E-state index in [0.717, 1.165) is 6.42 Å². The largest absolute Gasteiger partial charge is 0.324 e. The van der Waals surface area contributed by atoms with Gasteiger partial charge in [0.15, 0.2) is 0 Å². The second-order valence-corrected chi connectivity index (χ2v) is 4.48. The van der Waals surface area contributed by atoms with E-state index < -0.39 is 0 Å². The maximum Gasteiger partial charge on any atom is 0.0326 e. The van der Waals surface area contributed by atoms with E-state index in [9.17, 15) is 0 Å².